The fraction of sp³-hybridized carbons (Fsp3) is 0.333. The van der Waals surface area contributed by atoms with E-state index in [4.69, 9.17) is 0 Å². The summed E-state index contributed by atoms with van der Waals surface area (Å²) in [7, 11) is 0. The van der Waals surface area contributed by atoms with E-state index < -0.39 is 0 Å². The summed E-state index contributed by atoms with van der Waals surface area (Å²) in [6, 6.07) is 12.7. The van der Waals surface area contributed by atoms with Gasteiger partial charge in [-0.05, 0) is 49.6 Å². The highest BCUT2D eigenvalue weighted by molar-refractivity contribution is 9.10. The summed E-state index contributed by atoms with van der Waals surface area (Å²) < 4.78 is 0.888. The second-order valence-electron chi connectivity index (χ2n) is 6.67. The molecular weight excluding hydrogens is 392 g/mol. The molecule has 0 radical (unpaired) electrons. The van der Waals surface area contributed by atoms with Gasteiger partial charge in [0.05, 0.1) is 11.3 Å². The lowest BCUT2D eigenvalue weighted by Gasteiger charge is -2.22. The molecule has 1 N–H and O–H groups in total. The van der Waals surface area contributed by atoms with E-state index in [0.29, 0.717) is 16.8 Å². The number of nitrogens with one attached hydrogen (secondary N) is 1. The minimum absolute atomic E-state index is 0.00659. The van der Waals surface area contributed by atoms with Gasteiger partial charge in [-0.25, -0.2) is 0 Å². The van der Waals surface area contributed by atoms with E-state index >= 15 is 0 Å². The molecule has 4 nitrogen and oxygen atoms in total. The predicted octanol–water partition coefficient (Wildman–Crippen LogP) is 5.03. The molecule has 1 fully saturated rings. The van der Waals surface area contributed by atoms with Gasteiger partial charge in [-0.2, -0.15) is 0 Å². The molecule has 2 aromatic rings. The number of amides is 2. The topological polar surface area (TPSA) is 49.4 Å². The maximum atomic E-state index is 13.0. The zero-order valence-corrected chi connectivity index (χ0v) is 16.5. The molecule has 0 aromatic heterocycles. The number of nitrogens with zero attached hydrogens (tertiary/aromatic N) is 1. The minimum atomic E-state index is -0.221. The van der Waals surface area contributed by atoms with Gasteiger partial charge in [0, 0.05) is 23.1 Å². The van der Waals surface area contributed by atoms with E-state index in [1.165, 1.54) is 12.8 Å². The fourth-order valence-electron chi connectivity index (χ4n) is 3.15. The molecule has 2 aromatic carbocycles. The number of anilines is 1. The molecule has 2 amide bonds. The van der Waals surface area contributed by atoms with Crippen molar-refractivity contribution in [2.45, 2.75) is 32.6 Å². The van der Waals surface area contributed by atoms with Crippen molar-refractivity contribution in [2.75, 3.05) is 18.4 Å². The fourth-order valence-corrected chi connectivity index (χ4v) is 3.53. The molecule has 3 rings (SSSR count). The third kappa shape index (κ3) is 4.33. The number of aryl methyl sites for hydroxylation is 1. The van der Waals surface area contributed by atoms with E-state index in [1.54, 1.807) is 24.3 Å². The van der Waals surface area contributed by atoms with Crippen molar-refractivity contribution in [1.82, 2.24) is 4.90 Å². The molecule has 0 aliphatic carbocycles. The lowest BCUT2D eigenvalue weighted by Crippen LogP contribution is -2.32. The van der Waals surface area contributed by atoms with E-state index in [1.807, 2.05) is 30.0 Å². The monoisotopic (exact) mass is 414 g/mol. The van der Waals surface area contributed by atoms with Crippen molar-refractivity contribution < 1.29 is 9.59 Å². The summed E-state index contributed by atoms with van der Waals surface area (Å²) in [6.45, 7) is 3.54. The lowest BCUT2D eigenvalue weighted by molar-refractivity contribution is 0.0762. The predicted molar refractivity (Wildman–Crippen MR) is 108 cm³/mol. The van der Waals surface area contributed by atoms with Crippen LogP contribution in [0.5, 0.6) is 0 Å². The first-order valence-corrected chi connectivity index (χ1v) is 9.81. The first kappa shape index (κ1) is 18.6. The van der Waals surface area contributed by atoms with Gasteiger partial charge in [-0.1, -0.05) is 47.0 Å². The Bertz CT molecular complexity index is 811. The van der Waals surface area contributed by atoms with Crippen LogP contribution in [-0.4, -0.2) is 29.8 Å². The van der Waals surface area contributed by atoms with Crippen molar-refractivity contribution in [3.63, 3.8) is 0 Å². The van der Waals surface area contributed by atoms with Crippen molar-refractivity contribution in [2.24, 2.45) is 0 Å². The van der Waals surface area contributed by atoms with Gasteiger partial charge >= 0.3 is 0 Å². The number of halogens is 1. The Morgan fingerprint density at radius 2 is 1.69 bits per heavy atom. The summed E-state index contributed by atoms with van der Waals surface area (Å²) in [5.41, 5.74) is 2.73. The molecule has 0 saturated carbocycles. The van der Waals surface area contributed by atoms with Crippen LogP contribution in [0.2, 0.25) is 0 Å². The molecule has 1 saturated heterocycles. The van der Waals surface area contributed by atoms with Gasteiger partial charge in [0.25, 0.3) is 11.8 Å². The normalized spacial score (nSPS) is 14.6. The van der Waals surface area contributed by atoms with E-state index in [-0.39, 0.29) is 11.8 Å². The van der Waals surface area contributed by atoms with Crippen LogP contribution in [-0.2, 0) is 0 Å². The van der Waals surface area contributed by atoms with Crippen LogP contribution >= 0.6 is 15.9 Å². The quantitative estimate of drug-likeness (QED) is 0.765. The molecule has 26 heavy (non-hydrogen) atoms. The van der Waals surface area contributed by atoms with Gasteiger partial charge in [0.2, 0.25) is 0 Å². The van der Waals surface area contributed by atoms with Gasteiger partial charge in [0.1, 0.15) is 0 Å². The van der Waals surface area contributed by atoms with Gasteiger partial charge in [-0.15, -0.1) is 0 Å². The first-order chi connectivity index (χ1) is 12.6. The lowest BCUT2D eigenvalue weighted by atomic mass is 10.1. The Balaban J connectivity index is 1.81. The Hall–Kier alpha value is -2.14. The summed E-state index contributed by atoms with van der Waals surface area (Å²) >= 11 is 3.46. The van der Waals surface area contributed by atoms with Crippen LogP contribution in [0.1, 0.15) is 52.0 Å². The number of carbonyl (C=O) groups is 2. The summed E-state index contributed by atoms with van der Waals surface area (Å²) in [6.07, 6.45) is 4.42. The smallest absolute Gasteiger partial charge is 0.255 e. The molecule has 0 unspecified atom stereocenters. The van der Waals surface area contributed by atoms with Crippen molar-refractivity contribution in [3.8, 4) is 0 Å². The average molecular weight is 415 g/mol. The van der Waals surface area contributed by atoms with Crippen LogP contribution < -0.4 is 5.32 Å². The molecule has 0 bridgehead atoms. The highest BCUT2D eigenvalue weighted by atomic mass is 79.9. The average Bonchev–Trinajstić information content (AvgIpc) is 2.93. The molecule has 136 valence electrons. The molecule has 0 spiro atoms. The van der Waals surface area contributed by atoms with Crippen LogP contribution in [0.4, 0.5) is 5.69 Å². The largest absolute Gasteiger partial charge is 0.339 e. The van der Waals surface area contributed by atoms with Crippen LogP contribution in [0, 0.1) is 6.92 Å². The Morgan fingerprint density at radius 1 is 1.00 bits per heavy atom. The SMILES string of the molecule is Cc1ccc(C(=O)Nc2ccccc2C(=O)N2CCCCCC2)cc1Br. The van der Waals surface area contributed by atoms with Gasteiger partial charge < -0.3 is 10.2 Å². The van der Waals surface area contributed by atoms with Crippen LogP contribution in [0.15, 0.2) is 46.9 Å². The number of likely N-dealkylation sites (tertiary alicyclic amines) is 1. The van der Waals surface area contributed by atoms with Crippen molar-refractivity contribution in [1.29, 1.82) is 0 Å². The maximum Gasteiger partial charge on any atom is 0.255 e. The second kappa shape index (κ2) is 8.49. The first-order valence-electron chi connectivity index (χ1n) is 9.02. The number of benzene rings is 2. The third-order valence-electron chi connectivity index (χ3n) is 4.73. The van der Waals surface area contributed by atoms with Gasteiger partial charge in [-0.3, -0.25) is 9.59 Å². The number of hydrogen-bond acceptors (Lipinski definition) is 2. The summed E-state index contributed by atoms with van der Waals surface area (Å²) in [5, 5.41) is 2.90. The Morgan fingerprint density at radius 3 is 2.38 bits per heavy atom. The number of rotatable bonds is 3. The van der Waals surface area contributed by atoms with E-state index in [9.17, 15) is 9.59 Å². The highest BCUT2D eigenvalue weighted by Crippen LogP contribution is 2.22. The maximum absolute atomic E-state index is 13.0. The van der Waals surface area contributed by atoms with Crippen LogP contribution in [0.25, 0.3) is 0 Å². The zero-order chi connectivity index (χ0) is 18.5. The second-order valence-corrected chi connectivity index (χ2v) is 7.52. The van der Waals surface area contributed by atoms with Gasteiger partial charge in [0.15, 0.2) is 0 Å². The molecule has 5 heteroatoms. The summed E-state index contributed by atoms with van der Waals surface area (Å²) in [4.78, 5) is 27.5. The Kier molecular flexibility index (Phi) is 6.09. The van der Waals surface area contributed by atoms with E-state index in [0.717, 1.165) is 36.0 Å². The van der Waals surface area contributed by atoms with Crippen molar-refractivity contribution >= 4 is 33.4 Å². The standard InChI is InChI=1S/C21H23BrN2O2/c1-15-10-11-16(14-18(15)22)20(25)23-19-9-5-4-8-17(19)21(26)24-12-6-2-3-7-13-24/h4-5,8-11,14H,2-3,6-7,12-13H2,1H3,(H,23,25). The minimum Gasteiger partial charge on any atom is -0.339 e. The number of para-hydroxylation sites is 1. The molecule has 1 aliphatic heterocycles. The zero-order valence-electron chi connectivity index (χ0n) is 14.9. The third-order valence-corrected chi connectivity index (χ3v) is 5.59. The van der Waals surface area contributed by atoms with Crippen molar-refractivity contribution in [3.05, 3.63) is 63.6 Å². The van der Waals surface area contributed by atoms with Crippen LogP contribution in [0.3, 0.4) is 0 Å². The number of carbonyl (C=O) groups excluding carboxylic acids is 2. The summed E-state index contributed by atoms with van der Waals surface area (Å²) in [5.74, 6) is -0.227. The van der Waals surface area contributed by atoms with E-state index in [2.05, 4.69) is 21.2 Å². The molecule has 1 aliphatic rings. The molecule has 1 heterocycles. The molecular formula is C21H23BrN2O2. The number of hydrogen-bond donors (Lipinski definition) is 1. The Labute approximate surface area is 162 Å². The molecule has 0 atom stereocenters. The highest BCUT2D eigenvalue weighted by Gasteiger charge is 2.21.